The van der Waals surface area contributed by atoms with Gasteiger partial charge in [-0.25, -0.2) is 9.18 Å². The van der Waals surface area contributed by atoms with Gasteiger partial charge in [0.25, 0.3) is 0 Å². The molecule has 20 heavy (non-hydrogen) atoms. The van der Waals surface area contributed by atoms with Gasteiger partial charge < -0.3 is 16.4 Å². The van der Waals surface area contributed by atoms with Crippen LogP contribution in [0.3, 0.4) is 0 Å². The Morgan fingerprint density at radius 1 is 1.05 bits per heavy atom. The first kappa shape index (κ1) is 14.0. The minimum atomic E-state index is -0.574. The van der Waals surface area contributed by atoms with E-state index in [0.29, 0.717) is 5.69 Å². The topological polar surface area (TPSA) is 67.1 Å². The number of urea groups is 1. The maximum atomic E-state index is 13.6. The summed E-state index contributed by atoms with van der Waals surface area (Å²) < 4.78 is 13.6. The van der Waals surface area contributed by atoms with Crippen molar-refractivity contribution >= 4 is 34.6 Å². The minimum Gasteiger partial charge on any atom is -0.389 e. The van der Waals surface area contributed by atoms with Gasteiger partial charge in [0, 0.05) is 5.69 Å². The molecule has 0 aromatic heterocycles. The molecular formula is C14H12FN3OS. The van der Waals surface area contributed by atoms with Crippen LogP contribution in [0.4, 0.5) is 20.6 Å². The van der Waals surface area contributed by atoms with Crippen LogP contribution in [-0.4, -0.2) is 11.0 Å². The first-order valence-corrected chi connectivity index (χ1v) is 6.20. The number of hydrogen-bond acceptors (Lipinski definition) is 2. The molecule has 2 rings (SSSR count). The summed E-state index contributed by atoms with van der Waals surface area (Å²) in [6.45, 7) is 0. The van der Waals surface area contributed by atoms with Crippen LogP contribution in [0.1, 0.15) is 5.56 Å². The van der Waals surface area contributed by atoms with Crippen molar-refractivity contribution in [2.75, 3.05) is 10.6 Å². The first-order valence-electron chi connectivity index (χ1n) is 5.79. The molecule has 0 saturated carbocycles. The highest BCUT2D eigenvalue weighted by atomic mass is 32.1. The Balaban J connectivity index is 2.16. The molecule has 0 spiro atoms. The lowest BCUT2D eigenvalue weighted by Gasteiger charge is -2.11. The smallest absolute Gasteiger partial charge is 0.323 e. The predicted molar refractivity (Wildman–Crippen MR) is 81.4 cm³/mol. The fourth-order valence-electron chi connectivity index (χ4n) is 1.68. The van der Waals surface area contributed by atoms with E-state index in [1.54, 1.807) is 24.3 Å². The molecule has 6 heteroatoms. The summed E-state index contributed by atoms with van der Waals surface area (Å²) in [6.07, 6.45) is 0. The molecule has 4 N–H and O–H groups in total. The second-order valence-corrected chi connectivity index (χ2v) is 4.41. The van der Waals surface area contributed by atoms with Crippen molar-refractivity contribution in [3.05, 3.63) is 59.9 Å². The van der Waals surface area contributed by atoms with Gasteiger partial charge in [-0.15, -0.1) is 0 Å². The maximum absolute atomic E-state index is 13.6. The van der Waals surface area contributed by atoms with E-state index in [9.17, 15) is 9.18 Å². The molecule has 2 amide bonds. The lowest BCUT2D eigenvalue weighted by Crippen LogP contribution is -2.23. The van der Waals surface area contributed by atoms with Gasteiger partial charge in [-0.1, -0.05) is 36.5 Å². The lowest BCUT2D eigenvalue weighted by molar-refractivity contribution is 0.262. The molecule has 0 saturated heterocycles. The number of carbonyl (C=O) groups excluding carboxylic acids is 1. The number of carbonyl (C=O) groups is 1. The number of rotatable bonds is 3. The van der Waals surface area contributed by atoms with Gasteiger partial charge in [0.15, 0.2) is 0 Å². The Kier molecular flexibility index (Phi) is 4.27. The van der Waals surface area contributed by atoms with Crippen molar-refractivity contribution in [3.63, 3.8) is 0 Å². The fraction of sp³-hybridized carbons (Fsp3) is 0. The van der Waals surface area contributed by atoms with Crippen molar-refractivity contribution in [2.45, 2.75) is 0 Å². The minimum absolute atomic E-state index is 0.0192. The van der Waals surface area contributed by atoms with E-state index in [2.05, 4.69) is 10.6 Å². The Morgan fingerprint density at radius 2 is 1.75 bits per heavy atom. The molecule has 2 aromatic carbocycles. The number of para-hydroxylation sites is 1. The zero-order valence-electron chi connectivity index (χ0n) is 10.4. The quantitative estimate of drug-likeness (QED) is 0.761. The average Bonchev–Trinajstić information content (AvgIpc) is 2.39. The summed E-state index contributed by atoms with van der Waals surface area (Å²) in [5.74, 6) is -0.574. The van der Waals surface area contributed by atoms with E-state index in [4.69, 9.17) is 18.0 Å². The van der Waals surface area contributed by atoms with E-state index >= 15 is 0 Å². The molecule has 0 aliphatic rings. The Hall–Kier alpha value is -2.47. The predicted octanol–water partition coefficient (Wildman–Crippen LogP) is 3.10. The van der Waals surface area contributed by atoms with Crippen LogP contribution in [0, 0.1) is 5.82 Å². The molecule has 0 bridgehead atoms. The number of nitrogens with two attached hydrogens (primary N) is 1. The van der Waals surface area contributed by atoms with E-state index in [1.165, 1.54) is 18.2 Å². The van der Waals surface area contributed by atoms with Crippen LogP contribution in [0.25, 0.3) is 0 Å². The zero-order chi connectivity index (χ0) is 14.5. The number of nitrogens with one attached hydrogen (secondary N) is 2. The van der Waals surface area contributed by atoms with Crippen molar-refractivity contribution in [3.8, 4) is 0 Å². The maximum Gasteiger partial charge on any atom is 0.323 e. The van der Waals surface area contributed by atoms with Crippen molar-refractivity contribution in [2.24, 2.45) is 5.73 Å². The SMILES string of the molecule is NC(=S)c1c(F)cccc1NC(=O)Nc1ccccc1. The molecule has 0 aliphatic heterocycles. The summed E-state index contributed by atoms with van der Waals surface area (Å²) in [5.41, 5.74) is 6.33. The van der Waals surface area contributed by atoms with Crippen molar-refractivity contribution in [1.29, 1.82) is 0 Å². The summed E-state index contributed by atoms with van der Waals surface area (Å²) in [6, 6.07) is 12.6. The van der Waals surface area contributed by atoms with Gasteiger partial charge in [0.05, 0.1) is 11.3 Å². The summed E-state index contributed by atoms with van der Waals surface area (Å²) >= 11 is 4.79. The van der Waals surface area contributed by atoms with Gasteiger partial charge in [-0.2, -0.15) is 0 Å². The van der Waals surface area contributed by atoms with Gasteiger partial charge in [0.1, 0.15) is 10.8 Å². The molecule has 4 nitrogen and oxygen atoms in total. The molecule has 102 valence electrons. The third kappa shape index (κ3) is 3.30. The van der Waals surface area contributed by atoms with E-state index < -0.39 is 11.8 Å². The number of hydrogen-bond donors (Lipinski definition) is 3. The zero-order valence-corrected chi connectivity index (χ0v) is 11.2. The molecule has 0 atom stereocenters. The van der Waals surface area contributed by atoms with E-state index in [1.807, 2.05) is 6.07 Å². The fourth-order valence-corrected chi connectivity index (χ4v) is 1.89. The highest BCUT2D eigenvalue weighted by Gasteiger charge is 2.13. The Bertz CT molecular complexity index is 646. The molecule has 0 aliphatic carbocycles. The standard InChI is InChI=1S/C14H12FN3OS/c15-10-7-4-8-11(12(10)13(16)20)18-14(19)17-9-5-2-1-3-6-9/h1-8H,(H2,16,20)(H2,17,18,19). The average molecular weight is 289 g/mol. The van der Waals surface area contributed by atoms with Crippen LogP contribution in [-0.2, 0) is 0 Å². The second-order valence-electron chi connectivity index (χ2n) is 3.97. The van der Waals surface area contributed by atoms with Crippen LogP contribution >= 0.6 is 12.2 Å². The van der Waals surface area contributed by atoms with Gasteiger partial charge in [0.2, 0.25) is 0 Å². The third-order valence-electron chi connectivity index (χ3n) is 2.54. The third-order valence-corrected chi connectivity index (χ3v) is 2.74. The van der Waals surface area contributed by atoms with Gasteiger partial charge in [-0.3, -0.25) is 0 Å². The van der Waals surface area contributed by atoms with Crippen LogP contribution in [0.5, 0.6) is 0 Å². The number of anilines is 2. The van der Waals surface area contributed by atoms with Crippen molar-refractivity contribution in [1.82, 2.24) is 0 Å². The molecule has 0 unspecified atom stereocenters. The Morgan fingerprint density at radius 3 is 2.40 bits per heavy atom. The molecule has 2 aromatic rings. The van der Waals surface area contributed by atoms with Gasteiger partial charge in [-0.05, 0) is 24.3 Å². The summed E-state index contributed by atoms with van der Waals surface area (Å²) in [4.78, 5) is 11.7. The number of benzene rings is 2. The molecule has 0 heterocycles. The van der Waals surface area contributed by atoms with E-state index in [-0.39, 0.29) is 16.2 Å². The van der Waals surface area contributed by atoms with Crippen LogP contribution in [0.15, 0.2) is 48.5 Å². The molecular weight excluding hydrogens is 277 g/mol. The summed E-state index contributed by atoms with van der Waals surface area (Å²) in [7, 11) is 0. The summed E-state index contributed by atoms with van der Waals surface area (Å²) in [5, 5.41) is 5.14. The molecule has 0 fully saturated rings. The van der Waals surface area contributed by atoms with E-state index in [0.717, 1.165) is 0 Å². The molecule has 0 radical (unpaired) electrons. The number of amides is 2. The monoisotopic (exact) mass is 289 g/mol. The van der Waals surface area contributed by atoms with Crippen LogP contribution in [0.2, 0.25) is 0 Å². The highest BCUT2D eigenvalue weighted by molar-refractivity contribution is 7.80. The van der Waals surface area contributed by atoms with Crippen molar-refractivity contribution < 1.29 is 9.18 Å². The highest BCUT2D eigenvalue weighted by Crippen LogP contribution is 2.19. The Labute approximate surface area is 120 Å². The normalized spacial score (nSPS) is 9.85. The first-order chi connectivity index (χ1) is 9.58. The second kappa shape index (κ2) is 6.12. The number of thiocarbonyl (C=S) groups is 1. The largest absolute Gasteiger partial charge is 0.389 e. The van der Waals surface area contributed by atoms with Gasteiger partial charge >= 0.3 is 6.03 Å². The lowest BCUT2D eigenvalue weighted by atomic mass is 10.1. The number of halogens is 1. The van der Waals surface area contributed by atoms with Crippen LogP contribution < -0.4 is 16.4 Å².